The number of ether oxygens (including phenoxy) is 3. The van der Waals surface area contributed by atoms with Gasteiger partial charge in [-0.3, -0.25) is 14.9 Å². The molecule has 0 aliphatic carbocycles. The van der Waals surface area contributed by atoms with Crippen molar-refractivity contribution in [2.75, 3.05) is 21.3 Å². The van der Waals surface area contributed by atoms with Gasteiger partial charge in [-0.15, -0.1) is 5.10 Å². The average Bonchev–Trinajstić information content (AvgIpc) is 3.35. The van der Waals surface area contributed by atoms with E-state index in [2.05, 4.69) is 10.1 Å². The maximum Gasteiger partial charge on any atom is 0.291 e. The molecular formula is C22H20N4O6S. The predicted octanol–water partition coefficient (Wildman–Crippen LogP) is 2.42. The van der Waals surface area contributed by atoms with Crippen molar-refractivity contribution < 1.29 is 19.1 Å². The molecule has 0 amide bonds. The molecule has 33 heavy (non-hydrogen) atoms. The summed E-state index contributed by atoms with van der Waals surface area (Å²) in [6.07, 6.45) is 2.72. The van der Waals surface area contributed by atoms with Crippen molar-refractivity contribution >= 4 is 28.1 Å². The normalized spacial score (nSPS) is 11.7. The van der Waals surface area contributed by atoms with Crippen LogP contribution in [-0.4, -0.2) is 40.9 Å². The highest BCUT2D eigenvalue weighted by molar-refractivity contribution is 7.15. The number of thiazole rings is 1. The summed E-state index contributed by atoms with van der Waals surface area (Å²) in [6, 6.07) is 9.82. The molecule has 0 saturated carbocycles. The molecule has 2 aromatic carbocycles. The van der Waals surface area contributed by atoms with E-state index in [1.807, 2.05) is 12.1 Å². The molecule has 0 bridgehead atoms. The van der Waals surface area contributed by atoms with E-state index in [1.165, 1.54) is 28.0 Å². The summed E-state index contributed by atoms with van der Waals surface area (Å²) in [5.74, 6) is 2.18. The lowest BCUT2D eigenvalue weighted by atomic mass is 10.1. The smallest absolute Gasteiger partial charge is 0.291 e. The SMILES string of the molecule is COc1cc(CCc2nc3s/c(=C\c4cccc([N+](=O)[O-])c4)c(=O)n3n2)cc(OC)c1OC. The molecule has 4 rings (SSSR count). The minimum atomic E-state index is -0.474. The van der Waals surface area contributed by atoms with E-state index >= 15 is 0 Å². The summed E-state index contributed by atoms with van der Waals surface area (Å²) in [7, 11) is 4.67. The van der Waals surface area contributed by atoms with Gasteiger partial charge in [0.1, 0.15) is 0 Å². The summed E-state index contributed by atoms with van der Waals surface area (Å²) >= 11 is 1.19. The fraction of sp³-hybridized carbons (Fsp3) is 0.227. The van der Waals surface area contributed by atoms with E-state index in [0.717, 1.165) is 5.56 Å². The molecule has 4 aromatic rings. The standard InChI is InChI=1S/C22H20N4O6S/c1-30-16-10-14(11-17(31-2)20(16)32-3)7-8-19-23-22-25(24-19)21(27)18(33-22)12-13-5-4-6-15(9-13)26(28)29/h4-6,9-12H,7-8H2,1-3H3/b18-12-. The molecule has 170 valence electrons. The maximum atomic E-state index is 12.7. The fourth-order valence-electron chi connectivity index (χ4n) is 3.40. The number of non-ortho nitro benzene ring substituents is 1. The third-order valence-electron chi connectivity index (χ3n) is 4.97. The number of methoxy groups -OCH3 is 3. The fourth-order valence-corrected chi connectivity index (χ4v) is 4.32. The molecule has 0 spiro atoms. The number of hydrogen-bond donors (Lipinski definition) is 0. The summed E-state index contributed by atoms with van der Waals surface area (Å²) in [5, 5.41) is 15.3. The van der Waals surface area contributed by atoms with Crippen LogP contribution in [0.2, 0.25) is 0 Å². The maximum absolute atomic E-state index is 12.7. The molecule has 0 atom stereocenters. The van der Waals surface area contributed by atoms with Crippen molar-refractivity contribution in [3.63, 3.8) is 0 Å². The van der Waals surface area contributed by atoms with Crippen LogP contribution in [0.4, 0.5) is 5.69 Å². The number of aromatic nitrogens is 3. The number of nitrogens with zero attached hydrogens (tertiary/aromatic N) is 4. The second-order valence-electron chi connectivity index (χ2n) is 7.02. The lowest BCUT2D eigenvalue weighted by Crippen LogP contribution is -2.23. The van der Waals surface area contributed by atoms with Crippen LogP contribution in [0.25, 0.3) is 11.0 Å². The van der Waals surface area contributed by atoms with Crippen LogP contribution in [0.15, 0.2) is 41.2 Å². The van der Waals surface area contributed by atoms with Gasteiger partial charge in [0.05, 0.1) is 30.8 Å². The van der Waals surface area contributed by atoms with Crippen LogP contribution in [0.3, 0.4) is 0 Å². The third-order valence-corrected chi connectivity index (χ3v) is 5.93. The Morgan fingerprint density at radius 3 is 2.42 bits per heavy atom. The van der Waals surface area contributed by atoms with Gasteiger partial charge in [0.15, 0.2) is 17.3 Å². The molecule has 2 heterocycles. The summed E-state index contributed by atoms with van der Waals surface area (Å²) in [5.41, 5.74) is 1.16. The monoisotopic (exact) mass is 468 g/mol. The quantitative estimate of drug-likeness (QED) is 0.286. The van der Waals surface area contributed by atoms with E-state index in [-0.39, 0.29) is 11.2 Å². The second kappa shape index (κ2) is 9.25. The highest BCUT2D eigenvalue weighted by Crippen LogP contribution is 2.38. The highest BCUT2D eigenvalue weighted by atomic mass is 32.1. The number of aryl methyl sites for hydroxylation is 2. The van der Waals surface area contributed by atoms with Crippen molar-refractivity contribution in [3.05, 3.63) is 78.3 Å². The molecule has 0 fully saturated rings. The molecule has 0 saturated heterocycles. The second-order valence-corrected chi connectivity index (χ2v) is 8.03. The van der Waals surface area contributed by atoms with Gasteiger partial charge in [-0.2, -0.15) is 4.52 Å². The van der Waals surface area contributed by atoms with Gasteiger partial charge in [-0.05, 0) is 35.8 Å². The predicted molar refractivity (Wildman–Crippen MR) is 123 cm³/mol. The zero-order valence-electron chi connectivity index (χ0n) is 18.1. The third kappa shape index (κ3) is 4.48. The average molecular weight is 468 g/mol. The first-order valence-electron chi connectivity index (χ1n) is 9.87. The molecule has 0 aliphatic rings. The number of nitro benzene ring substituents is 1. The Hall–Kier alpha value is -3.99. The molecule has 0 radical (unpaired) electrons. The number of nitro groups is 1. The number of rotatable bonds is 8. The van der Waals surface area contributed by atoms with E-state index in [1.54, 1.807) is 39.5 Å². The van der Waals surface area contributed by atoms with E-state index in [4.69, 9.17) is 14.2 Å². The minimum absolute atomic E-state index is 0.0373. The van der Waals surface area contributed by atoms with Crippen molar-refractivity contribution in [3.8, 4) is 17.2 Å². The molecule has 0 aliphatic heterocycles. The Morgan fingerprint density at radius 1 is 1.09 bits per heavy atom. The van der Waals surface area contributed by atoms with Gasteiger partial charge in [-0.25, -0.2) is 4.98 Å². The Balaban J connectivity index is 1.58. The summed E-state index contributed by atoms with van der Waals surface area (Å²) < 4.78 is 17.8. The van der Waals surface area contributed by atoms with Crippen LogP contribution < -0.4 is 24.3 Å². The Bertz CT molecular complexity index is 1420. The minimum Gasteiger partial charge on any atom is -0.493 e. The molecule has 2 aromatic heterocycles. The van der Waals surface area contributed by atoms with Crippen molar-refractivity contribution in [1.29, 1.82) is 0 Å². The first-order valence-corrected chi connectivity index (χ1v) is 10.7. The van der Waals surface area contributed by atoms with Gasteiger partial charge < -0.3 is 14.2 Å². The van der Waals surface area contributed by atoms with Gasteiger partial charge >= 0.3 is 0 Å². The molecule has 0 N–H and O–H groups in total. The van der Waals surface area contributed by atoms with Crippen molar-refractivity contribution in [2.45, 2.75) is 12.8 Å². The number of benzene rings is 2. The Kier molecular flexibility index (Phi) is 6.22. The first kappa shape index (κ1) is 22.2. The first-order chi connectivity index (χ1) is 15.9. The van der Waals surface area contributed by atoms with Crippen molar-refractivity contribution in [1.82, 2.24) is 14.6 Å². The van der Waals surface area contributed by atoms with Crippen molar-refractivity contribution in [2.24, 2.45) is 0 Å². The Labute approximate surface area is 191 Å². The Morgan fingerprint density at radius 2 is 1.82 bits per heavy atom. The van der Waals surface area contributed by atoms with Crippen LogP contribution in [-0.2, 0) is 12.8 Å². The van der Waals surface area contributed by atoms with Crippen LogP contribution in [0.1, 0.15) is 17.0 Å². The molecule has 0 unspecified atom stereocenters. The lowest BCUT2D eigenvalue weighted by Gasteiger charge is -2.13. The van der Waals surface area contributed by atoms with Crippen LogP contribution in [0.5, 0.6) is 17.2 Å². The molecule has 10 nitrogen and oxygen atoms in total. The zero-order valence-corrected chi connectivity index (χ0v) is 18.9. The summed E-state index contributed by atoms with van der Waals surface area (Å²) in [6.45, 7) is 0. The van der Waals surface area contributed by atoms with Gasteiger partial charge in [0.2, 0.25) is 10.7 Å². The van der Waals surface area contributed by atoms with Gasteiger partial charge in [0, 0.05) is 18.6 Å². The number of fused-ring (bicyclic) bond motifs is 1. The highest BCUT2D eigenvalue weighted by Gasteiger charge is 2.15. The zero-order chi connectivity index (χ0) is 23.5. The van der Waals surface area contributed by atoms with E-state index in [0.29, 0.717) is 51.0 Å². The van der Waals surface area contributed by atoms with Gasteiger partial charge in [0.25, 0.3) is 11.2 Å². The lowest BCUT2D eigenvalue weighted by molar-refractivity contribution is -0.384. The van der Waals surface area contributed by atoms with E-state index in [9.17, 15) is 14.9 Å². The topological polar surface area (TPSA) is 118 Å². The largest absolute Gasteiger partial charge is 0.493 e. The van der Waals surface area contributed by atoms with Crippen LogP contribution >= 0.6 is 11.3 Å². The van der Waals surface area contributed by atoms with E-state index < -0.39 is 4.92 Å². The van der Waals surface area contributed by atoms with Gasteiger partial charge in [-0.1, -0.05) is 23.5 Å². The number of hydrogen-bond acceptors (Lipinski definition) is 9. The molecule has 11 heteroatoms. The molecular weight excluding hydrogens is 448 g/mol. The summed E-state index contributed by atoms with van der Waals surface area (Å²) in [4.78, 5) is 28.2. The van der Waals surface area contributed by atoms with Crippen LogP contribution in [0, 0.1) is 10.1 Å².